The summed E-state index contributed by atoms with van der Waals surface area (Å²) >= 11 is 1.34. The van der Waals surface area contributed by atoms with Gasteiger partial charge in [0.1, 0.15) is 17.4 Å². The zero-order valence-corrected chi connectivity index (χ0v) is 15.9. The molecule has 2 fully saturated rings. The summed E-state index contributed by atoms with van der Waals surface area (Å²) in [7, 11) is 0. The maximum atomic E-state index is 12.8. The lowest BCUT2D eigenvalue weighted by Crippen LogP contribution is -2.64. The summed E-state index contributed by atoms with van der Waals surface area (Å²) in [5.74, 6) is 0.348. The van der Waals surface area contributed by atoms with Crippen LogP contribution in [0.2, 0.25) is 0 Å². The summed E-state index contributed by atoms with van der Waals surface area (Å²) < 4.78 is 5.87. The Balaban J connectivity index is 1.44. The van der Waals surface area contributed by atoms with Crippen molar-refractivity contribution in [2.75, 3.05) is 19.7 Å². The number of amides is 1. The molecule has 0 saturated carbocycles. The van der Waals surface area contributed by atoms with Crippen molar-refractivity contribution in [3.05, 3.63) is 29.5 Å². The number of hydrogen-bond acceptors (Lipinski definition) is 8. The third kappa shape index (κ3) is 3.36. The first kappa shape index (κ1) is 18.4. The third-order valence-electron chi connectivity index (χ3n) is 5.46. The molecule has 0 aromatic carbocycles. The number of ether oxygens (including phenoxy) is 1. The second kappa shape index (κ2) is 6.90. The Morgan fingerprint density at radius 2 is 2.00 bits per heavy atom. The first-order chi connectivity index (χ1) is 12.9. The number of aliphatic hydroxyl groups is 2. The van der Waals surface area contributed by atoms with Gasteiger partial charge in [-0.15, -0.1) is 11.3 Å². The molecular weight excluding hydrogens is 368 g/mol. The van der Waals surface area contributed by atoms with Crippen LogP contribution in [-0.4, -0.2) is 73.0 Å². The summed E-state index contributed by atoms with van der Waals surface area (Å²) in [4.78, 5) is 27.2. The van der Waals surface area contributed by atoms with Gasteiger partial charge in [0.15, 0.2) is 10.8 Å². The van der Waals surface area contributed by atoms with Gasteiger partial charge in [0.25, 0.3) is 5.91 Å². The smallest absolute Gasteiger partial charge is 0.273 e. The molecule has 27 heavy (non-hydrogen) atoms. The summed E-state index contributed by atoms with van der Waals surface area (Å²) in [6.07, 6.45) is 3.68. The van der Waals surface area contributed by atoms with Gasteiger partial charge in [0.05, 0.1) is 12.2 Å². The third-order valence-corrected chi connectivity index (χ3v) is 6.30. The fraction of sp³-hybridized carbons (Fsp3) is 0.556. The molecule has 0 radical (unpaired) electrons. The van der Waals surface area contributed by atoms with Crippen LogP contribution in [-0.2, 0) is 4.74 Å². The van der Waals surface area contributed by atoms with Crippen LogP contribution in [0.1, 0.15) is 36.7 Å². The monoisotopic (exact) mass is 390 g/mol. The highest BCUT2D eigenvalue weighted by molar-refractivity contribution is 7.13. The van der Waals surface area contributed by atoms with Crippen LogP contribution in [0.5, 0.6) is 0 Å². The molecule has 0 unspecified atom stereocenters. The van der Waals surface area contributed by atoms with E-state index in [2.05, 4.69) is 15.0 Å². The molecule has 1 amide bonds. The quantitative estimate of drug-likeness (QED) is 0.790. The lowest BCUT2D eigenvalue weighted by molar-refractivity contribution is -0.244. The largest absolute Gasteiger partial charge is 0.387 e. The highest BCUT2D eigenvalue weighted by atomic mass is 32.1. The molecule has 2 saturated heterocycles. The standard InChI is InChI=1S/C18H22N4O4S/c1-17(25)5-10-26-18(16(17)24)3-8-22(9-4-18)15(23)12-11-27-14(21-12)13-19-6-2-7-20-13/h2,6-7,11,16,24-25H,3-5,8-10H2,1H3/t16-,17+/m0/s1. The SMILES string of the molecule is C[C@@]1(O)CCOC2(CCN(C(=O)c3csc(-c4ncccn4)n3)CC2)[C@H]1O. The Hall–Kier alpha value is -1.94. The van der Waals surface area contributed by atoms with Crippen LogP contribution in [0.3, 0.4) is 0 Å². The van der Waals surface area contributed by atoms with Crippen LogP contribution >= 0.6 is 11.3 Å². The van der Waals surface area contributed by atoms with Crippen molar-refractivity contribution in [1.29, 1.82) is 0 Å². The second-order valence-electron chi connectivity index (χ2n) is 7.33. The van der Waals surface area contributed by atoms with Crippen molar-refractivity contribution < 1.29 is 19.7 Å². The molecule has 2 atom stereocenters. The van der Waals surface area contributed by atoms with E-state index in [4.69, 9.17) is 4.74 Å². The Labute approximate surface area is 160 Å². The number of carbonyl (C=O) groups excluding carboxylic acids is 1. The van der Waals surface area contributed by atoms with E-state index in [1.807, 2.05) is 0 Å². The van der Waals surface area contributed by atoms with Gasteiger partial charge in [-0.1, -0.05) is 0 Å². The lowest BCUT2D eigenvalue weighted by atomic mass is 9.75. The van der Waals surface area contributed by atoms with Gasteiger partial charge in [-0.05, 0) is 25.8 Å². The molecule has 2 N–H and O–H groups in total. The van der Waals surface area contributed by atoms with Gasteiger partial charge in [-0.25, -0.2) is 15.0 Å². The van der Waals surface area contributed by atoms with Crippen LogP contribution in [0, 0.1) is 0 Å². The number of carbonyl (C=O) groups is 1. The molecule has 0 bridgehead atoms. The van der Waals surface area contributed by atoms with Gasteiger partial charge in [-0.2, -0.15) is 0 Å². The Morgan fingerprint density at radius 3 is 2.70 bits per heavy atom. The highest BCUT2D eigenvalue weighted by Gasteiger charge is 2.53. The van der Waals surface area contributed by atoms with Crippen molar-refractivity contribution >= 4 is 17.2 Å². The summed E-state index contributed by atoms with van der Waals surface area (Å²) in [6.45, 7) is 2.94. The molecule has 0 aliphatic carbocycles. The molecule has 2 aromatic heterocycles. The minimum Gasteiger partial charge on any atom is -0.387 e. The van der Waals surface area contributed by atoms with Gasteiger partial charge < -0.3 is 19.8 Å². The molecule has 2 aliphatic rings. The zero-order valence-electron chi connectivity index (χ0n) is 15.0. The maximum absolute atomic E-state index is 12.8. The fourth-order valence-electron chi connectivity index (χ4n) is 3.80. The van der Waals surface area contributed by atoms with Crippen molar-refractivity contribution in [2.24, 2.45) is 0 Å². The number of nitrogens with zero attached hydrogens (tertiary/aromatic N) is 4. The number of thiazole rings is 1. The molecule has 1 spiro atoms. The molecular formula is C18H22N4O4S. The lowest BCUT2D eigenvalue weighted by Gasteiger charge is -2.51. The Morgan fingerprint density at radius 1 is 1.30 bits per heavy atom. The second-order valence-corrected chi connectivity index (χ2v) is 8.18. The number of hydrogen-bond donors (Lipinski definition) is 2. The molecule has 144 valence electrons. The van der Waals surface area contributed by atoms with Crippen LogP contribution in [0.4, 0.5) is 0 Å². The normalized spacial score (nSPS) is 27.7. The van der Waals surface area contributed by atoms with E-state index in [1.165, 1.54) is 11.3 Å². The summed E-state index contributed by atoms with van der Waals surface area (Å²) in [6, 6.07) is 1.73. The zero-order chi connectivity index (χ0) is 19.1. The number of aromatic nitrogens is 3. The van der Waals surface area contributed by atoms with Crippen LogP contribution in [0.15, 0.2) is 23.8 Å². The minimum absolute atomic E-state index is 0.152. The van der Waals surface area contributed by atoms with Gasteiger partial charge in [-0.3, -0.25) is 4.79 Å². The summed E-state index contributed by atoms with van der Waals surface area (Å²) in [5.41, 5.74) is -1.58. The summed E-state index contributed by atoms with van der Waals surface area (Å²) in [5, 5.41) is 23.3. The molecule has 4 heterocycles. The van der Waals surface area contributed by atoms with Crippen molar-refractivity contribution in [3.63, 3.8) is 0 Å². The molecule has 8 nitrogen and oxygen atoms in total. The first-order valence-corrected chi connectivity index (χ1v) is 9.86. The van der Waals surface area contributed by atoms with E-state index in [9.17, 15) is 15.0 Å². The molecule has 2 aliphatic heterocycles. The predicted octanol–water partition coefficient (Wildman–Crippen LogP) is 1.11. The van der Waals surface area contributed by atoms with Gasteiger partial charge >= 0.3 is 0 Å². The molecule has 4 rings (SSSR count). The van der Waals surface area contributed by atoms with Crippen molar-refractivity contribution in [3.8, 4) is 10.8 Å². The van der Waals surface area contributed by atoms with Gasteiger partial charge in [0.2, 0.25) is 0 Å². The topological polar surface area (TPSA) is 109 Å². The Bertz CT molecular complexity index is 818. The van der Waals surface area contributed by atoms with Crippen LogP contribution < -0.4 is 0 Å². The van der Waals surface area contributed by atoms with E-state index in [-0.39, 0.29) is 5.91 Å². The number of piperidine rings is 1. The average molecular weight is 390 g/mol. The van der Waals surface area contributed by atoms with E-state index < -0.39 is 17.3 Å². The number of likely N-dealkylation sites (tertiary alicyclic amines) is 1. The minimum atomic E-state index is -1.16. The number of rotatable bonds is 2. The van der Waals surface area contributed by atoms with Crippen molar-refractivity contribution in [2.45, 2.75) is 43.5 Å². The number of aliphatic hydroxyl groups excluding tert-OH is 1. The predicted molar refractivity (Wildman–Crippen MR) is 98.2 cm³/mol. The highest BCUT2D eigenvalue weighted by Crippen LogP contribution is 2.40. The van der Waals surface area contributed by atoms with E-state index >= 15 is 0 Å². The Kier molecular flexibility index (Phi) is 4.71. The van der Waals surface area contributed by atoms with Gasteiger partial charge in [0, 0.05) is 37.3 Å². The molecule has 2 aromatic rings. The van der Waals surface area contributed by atoms with E-state index in [0.29, 0.717) is 55.5 Å². The van der Waals surface area contributed by atoms with E-state index in [0.717, 1.165) is 0 Å². The fourth-order valence-corrected chi connectivity index (χ4v) is 4.53. The molecule has 9 heteroatoms. The van der Waals surface area contributed by atoms with E-state index in [1.54, 1.807) is 35.7 Å². The first-order valence-electron chi connectivity index (χ1n) is 8.98. The van der Waals surface area contributed by atoms with Crippen molar-refractivity contribution in [1.82, 2.24) is 19.9 Å². The maximum Gasteiger partial charge on any atom is 0.273 e. The average Bonchev–Trinajstić information content (AvgIpc) is 3.17. The van der Waals surface area contributed by atoms with Crippen LogP contribution in [0.25, 0.3) is 10.8 Å².